The molecule has 0 fully saturated rings. The first-order valence-electron chi connectivity index (χ1n) is 5.88. The van der Waals surface area contributed by atoms with Gasteiger partial charge in [-0.2, -0.15) is 13.2 Å². The Morgan fingerprint density at radius 2 is 1.95 bits per heavy atom. The van der Waals surface area contributed by atoms with Crippen molar-refractivity contribution in [3.8, 4) is 0 Å². The Balaban J connectivity index is 2.33. The van der Waals surface area contributed by atoms with E-state index in [0.29, 0.717) is 0 Å². The van der Waals surface area contributed by atoms with E-state index in [9.17, 15) is 22.4 Å². The number of carbonyl (C=O) groups is 1. The van der Waals surface area contributed by atoms with E-state index < -0.39 is 23.5 Å². The fraction of sp³-hybridized carbons (Fsp3) is 0.143. The monoisotopic (exact) mass is 298 g/mol. The molecule has 1 amide bonds. The SMILES string of the molecule is Cc1c(NC(=O)c2ccncc2F)cccc1C(F)(F)F. The number of rotatable bonds is 2. The summed E-state index contributed by atoms with van der Waals surface area (Å²) in [5.41, 5.74) is -1.30. The van der Waals surface area contributed by atoms with Gasteiger partial charge in [0.1, 0.15) is 0 Å². The van der Waals surface area contributed by atoms with Gasteiger partial charge in [-0.05, 0) is 30.7 Å². The molecule has 0 aliphatic carbocycles. The third-order valence-electron chi connectivity index (χ3n) is 2.90. The fourth-order valence-electron chi connectivity index (χ4n) is 1.83. The van der Waals surface area contributed by atoms with Crippen LogP contribution >= 0.6 is 0 Å². The largest absolute Gasteiger partial charge is 0.416 e. The van der Waals surface area contributed by atoms with Gasteiger partial charge >= 0.3 is 6.18 Å². The average molecular weight is 298 g/mol. The second kappa shape index (κ2) is 5.51. The molecule has 3 nitrogen and oxygen atoms in total. The molecule has 0 atom stereocenters. The average Bonchev–Trinajstić information content (AvgIpc) is 2.40. The number of nitrogens with zero attached hydrogens (tertiary/aromatic N) is 1. The molecular weight excluding hydrogens is 288 g/mol. The number of anilines is 1. The zero-order valence-corrected chi connectivity index (χ0v) is 10.8. The predicted octanol–water partition coefficient (Wildman–Crippen LogP) is 3.80. The van der Waals surface area contributed by atoms with Gasteiger partial charge in [-0.1, -0.05) is 6.07 Å². The molecule has 1 aromatic heterocycles. The molecular formula is C14H10F4N2O. The van der Waals surface area contributed by atoms with Gasteiger partial charge in [0.15, 0.2) is 5.82 Å². The van der Waals surface area contributed by atoms with Crippen LogP contribution in [-0.4, -0.2) is 10.9 Å². The minimum absolute atomic E-state index is 0.0222. The topological polar surface area (TPSA) is 42.0 Å². The highest BCUT2D eigenvalue weighted by molar-refractivity contribution is 6.04. The lowest BCUT2D eigenvalue weighted by atomic mass is 10.1. The van der Waals surface area contributed by atoms with Crippen molar-refractivity contribution in [2.24, 2.45) is 0 Å². The van der Waals surface area contributed by atoms with Crippen molar-refractivity contribution in [2.75, 3.05) is 5.32 Å². The first-order valence-corrected chi connectivity index (χ1v) is 5.88. The number of carbonyl (C=O) groups excluding carboxylic acids is 1. The molecule has 21 heavy (non-hydrogen) atoms. The van der Waals surface area contributed by atoms with Crippen LogP contribution in [0.1, 0.15) is 21.5 Å². The maximum atomic E-state index is 13.4. The number of amides is 1. The summed E-state index contributed by atoms with van der Waals surface area (Å²) in [6, 6.07) is 4.56. The highest BCUT2D eigenvalue weighted by Crippen LogP contribution is 2.34. The van der Waals surface area contributed by atoms with E-state index in [1.165, 1.54) is 25.3 Å². The minimum atomic E-state index is -4.52. The van der Waals surface area contributed by atoms with Crippen molar-refractivity contribution in [2.45, 2.75) is 13.1 Å². The van der Waals surface area contributed by atoms with E-state index in [1.807, 2.05) is 0 Å². The lowest BCUT2D eigenvalue weighted by molar-refractivity contribution is -0.138. The van der Waals surface area contributed by atoms with Crippen LogP contribution < -0.4 is 5.32 Å². The van der Waals surface area contributed by atoms with E-state index in [-0.39, 0.29) is 16.8 Å². The highest BCUT2D eigenvalue weighted by atomic mass is 19.4. The number of hydrogen-bond acceptors (Lipinski definition) is 2. The second-order valence-electron chi connectivity index (χ2n) is 4.29. The first-order chi connectivity index (χ1) is 9.80. The fourth-order valence-corrected chi connectivity index (χ4v) is 1.83. The van der Waals surface area contributed by atoms with Crippen LogP contribution in [-0.2, 0) is 6.18 Å². The number of hydrogen-bond donors (Lipinski definition) is 1. The van der Waals surface area contributed by atoms with Crippen molar-refractivity contribution in [3.63, 3.8) is 0 Å². The number of pyridine rings is 1. The molecule has 110 valence electrons. The summed E-state index contributed by atoms with van der Waals surface area (Å²) < 4.78 is 51.7. The molecule has 0 spiro atoms. The maximum absolute atomic E-state index is 13.4. The summed E-state index contributed by atoms with van der Waals surface area (Å²) >= 11 is 0. The summed E-state index contributed by atoms with van der Waals surface area (Å²) in [4.78, 5) is 15.4. The Kier molecular flexibility index (Phi) is 3.93. The van der Waals surface area contributed by atoms with E-state index >= 15 is 0 Å². The summed E-state index contributed by atoms with van der Waals surface area (Å²) in [5.74, 6) is -1.68. The van der Waals surface area contributed by atoms with E-state index in [4.69, 9.17) is 0 Å². The van der Waals surface area contributed by atoms with Crippen molar-refractivity contribution < 1.29 is 22.4 Å². The summed E-state index contributed by atoms with van der Waals surface area (Å²) in [7, 11) is 0. The van der Waals surface area contributed by atoms with Crippen LogP contribution in [0, 0.1) is 12.7 Å². The Labute approximate surface area is 117 Å². The molecule has 0 bridgehead atoms. The first kappa shape index (κ1) is 15.0. The van der Waals surface area contributed by atoms with E-state index in [2.05, 4.69) is 10.3 Å². The van der Waals surface area contributed by atoms with Crippen LogP contribution in [0.5, 0.6) is 0 Å². The maximum Gasteiger partial charge on any atom is 0.416 e. The third kappa shape index (κ3) is 3.18. The smallest absolute Gasteiger partial charge is 0.322 e. The Bertz CT molecular complexity index is 683. The van der Waals surface area contributed by atoms with Gasteiger partial charge in [0.25, 0.3) is 5.91 Å². The molecule has 2 rings (SSSR count). The van der Waals surface area contributed by atoms with Crippen LogP contribution in [0.4, 0.5) is 23.2 Å². The van der Waals surface area contributed by atoms with Gasteiger partial charge in [0.2, 0.25) is 0 Å². The Morgan fingerprint density at radius 3 is 2.57 bits per heavy atom. The minimum Gasteiger partial charge on any atom is -0.322 e. The van der Waals surface area contributed by atoms with Gasteiger partial charge in [-0.3, -0.25) is 9.78 Å². The lowest BCUT2D eigenvalue weighted by Gasteiger charge is -2.14. The quantitative estimate of drug-likeness (QED) is 0.857. The molecule has 0 radical (unpaired) electrons. The molecule has 0 saturated carbocycles. The van der Waals surface area contributed by atoms with Gasteiger partial charge in [0, 0.05) is 11.9 Å². The highest BCUT2D eigenvalue weighted by Gasteiger charge is 2.33. The Morgan fingerprint density at radius 1 is 1.24 bits per heavy atom. The van der Waals surface area contributed by atoms with Crippen LogP contribution in [0.2, 0.25) is 0 Å². The number of alkyl halides is 3. The predicted molar refractivity (Wildman–Crippen MR) is 68.3 cm³/mol. The lowest BCUT2D eigenvalue weighted by Crippen LogP contribution is -2.16. The van der Waals surface area contributed by atoms with Crippen molar-refractivity contribution >= 4 is 11.6 Å². The van der Waals surface area contributed by atoms with Crippen LogP contribution in [0.15, 0.2) is 36.7 Å². The number of benzene rings is 1. The zero-order chi connectivity index (χ0) is 15.6. The van der Waals surface area contributed by atoms with Crippen LogP contribution in [0.25, 0.3) is 0 Å². The normalized spacial score (nSPS) is 11.3. The molecule has 1 heterocycles. The standard InChI is InChI=1S/C14H10F4N2O/c1-8-10(14(16,17)18)3-2-4-12(8)20-13(21)9-5-6-19-7-11(9)15/h2-7H,1H3,(H,20,21). The summed E-state index contributed by atoms with van der Waals surface area (Å²) in [5, 5.41) is 2.27. The van der Waals surface area contributed by atoms with Gasteiger partial charge in [-0.15, -0.1) is 0 Å². The molecule has 0 saturated heterocycles. The molecule has 0 aliphatic heterocycles. The van der Waals surface area contributed by atoms with Gasteiger partial charge in [0.05, 0.1) is 17.3 Å². The van der Waals surface area contributed by atoms with Crippen molar-refractivity contribution in [1.29, 1.82) is 0 Å². The van der Waals surface area contributed by atoms with Gasteiger partial charge < -0.3 is 5.32 Å². The second-order valence-corrected chi connectivity index (χ2v) is 4.29. The van der Waals surface area contributed by atoms with E-state index in [0.717, 1.165) is 18.3 Å². The summed E-state index contributed by atoms with van der Waals surface area (Å²) in [6.07, 6.45) is -2.45. The molecule has 2 aromatic rings. The van der Waals surface area contributed by atoms with Crippen molar-refractivity contribution in [3.05, 3.63) is 59.2 Å². The number of halogens is 4. The molecule has 0 unspecified atom stereocenters. The molecule has 7 heteroatoms. The molecule has 0 aliphatic rings. The zero-order valence-electron chi connectivity index (χ0n) is 10.8. The number of aromatic nitrogens is 1. The van der Waals surface area contributed by atoms with Gasteiger partial charge in [-0.25, -0.2) is 4.39 Å². The third-order valence-corrected chi connectivity index (χ3v) is 2.90. The van der Waals surface area contributed by atoms with E-state index in [1.54, 1.807) is 0 Å². The number of nitrogens with one attached hydrogen (secondary N) is 1. The summed E-state index contributed by atoms with van der Waals surface area (Å²) in [6.45, 7) is 1.24. The van der Waals surface area contributed by atoms with Crippen LogP contribution in [0.3, 0.4) is 0 Å². The Hall–Kier alpha value is -2.44. The van der Waals surface area contributed by atoms with Crippen molar-refractivity contribution in [1.82, 2.24) is 4.98 Å². The molecule has 1 N–H and O–H groups in total. The molecule has 1 aromatic carbocycles.